The van der Waals surface area contributed by atoms with Gasteiger partial charge < -0.3 is 9.80 Å². The number of rotatable bonds is 3. The Kier molecular flexibility index (Phi) is 6.19. The smallest absolute Gasteiger partial charge is 0.229 e. The molecule has 4 heteroatoms. The number of likely N-dealkylation sites (tertiary alicyclic amines) is 2. The summed E-state index contributed by atoms with van der Waals surface area (Å²) in [5.41, 5.74) is 0.798. The average Bonchev–Trinajstić information content (AvgIpc) is 3.11. The van der Waals surface area contributed by atoms with Gasteiger partial charge in [0, 0.05) is 51.8 Å². The molecule has 1 atom stereocenters. The van der Waals surface area contributed by atoms with Gasteiger partial charge in [0.05, 0.1) is 0 Å². The van der Waals surface area contributed by atoms with Crippen molar-refractivity contribution in [3.8, 4) is 0 Å². The van der Waals surface area contributed by atoms with Crippen LogP contribution in [0.1, 0.15) is 36.0 Å². The molecule has 0 N–H and O–H groups in total. The molecule has 1 radical (unpaired) electrons. The Morgan fingerprint density at radius 3 is 2.55 bits per heavy atom. The first-order chi connectivity index (χ1) is 9.34. The number of carbonyl (C=O) groups is 1. The fraction of sp³-hybridized carbons (Fsp3) is 0.562. The second kappa shape index (κ2) is 7.67. The number of nitrogens with zero attached hydrogens (tertiary/aromatic N) is 2. The van der Waals surface area contributed by atoms with Gasteiger partial charge in [-0.25, -0.2) is 0 Å². The Morgan fingerprint density at radius 1 is 1.15 bits per heavy atom. The van der Waals surface area contributed by atoms with Gasteiger partial charge in [-0.15, -0.1) is 0 Å². The van der Waals surface area contributed by atoms with E-state index >= 15 is 0 Å². The zero-order valence-corrected chi connectivity index (χ0v) is 14.8. The van der Waals surface area contributed by atoms with Gasteiger partial charge in [0.15, 0.2) is 0 Å². The van der Waals surface area contributed by atoms with Crippen LogP contribution in [0.2, 0.25) is 0 Å². The maximum Gasteiger partial charge on any atom is 0.229 e. The fourth-order valence-electron chi connectivity index (χ4n) is 3.25. The fourth-order valence-corrected chi connectivity index (χ4v) is 3.25. The second-order valence-electron chi connectivity index (χ2n) is 5.59. The Bertz CT molecular complexity index is 431. The van der Waals surface area contributed by atoms with E-state index in [1.165, 1.54) is 25.9 Å². The predicted molar refractivity (Wildman–Crippen MR) is 75.0 cm³/mol. The maximum absolute atomic E-state index is 12.5. The van der Waals surface area contributed by atoms with Crippen molar-refractivity contribution < 1.29 is 37.5 Å². The van der Waals surface area contributed by atoms with Crippen LogP contribution in [0.25, 0.3) is 0 Å². The maximum atomic E-state index is 12.5. The third kappa shape index (κ3) is 3.69. The van der Waals surface area contributed by atoms with Crippen molar-refractivity contribution in [3.05, 3.63) is 35.9 Å². The molecule has 0 aromatic heterocycles. The summed E-state index contributed by atoms with van der Waals surface area (Å²) >= 11 is 0. The summed E-state index contributed by atoms with van der Waals surface area (Å²) in [6.07, 6.45) is 4.93. The second-order valence-corrected chi connectivity index (χ2v) is 5.59. The van der Waals surface area contributed by atoms with Crippen LogP contribution in [0.3, 0.4) is 0 Å². The summed E-state index contributed by atoms with van der Waals surface area (Å²) in [5.74, 6) is 0.190. The third-order valence-electron chi connectivity index (χ3n) is 4.27. The van der Waals surface area contributed by atoms with Crippen LogP contribution in [-0.4, -0.2) is 47.9 Å². The van der Waals surface area contributed by atoms with Gasteiger partial charge in [-0.3, -0.25) is 4.79 Å². The van der Waals surface area contributed by atoms with Crippen molar-refractivity contribution in [3.63, 3.8) is 0 Å². The van der Waals surface area contributed by atoms with Crippen LogP contribution in [0.15, 0.2) is 24.3 Å². The van der Waals surface area contributed by atoms with Crippen LogP contribution >= 0.6 is 0 Å². The van der Waals surface area contributed by atoms with E-state index in [0.29, 0.717) is 6.04 Å². The molecule has 2 fully saturated rings. The van der Waals surface area contributed by atoms with E-state index in [4.69, 9.17) is 0 Å². The first-order valence-electron chi connectivity index (χ1n) is 7.34. The monoisotopic (exact) mass is 346 g/mol. The van der Waals surface area contributed by atoms with Crippen molar-refractivity contribution in [2.45, 2.75) is 31.7 Å². The minimum Gasteiger partial charge on any atom is -0.336 e. The molecule has 20 heavy (non-hydrogen) atoms. The van der Waals surface area contributed by atoms with E-state index < -0.39 is 0 Å². The number of amides is 1. The van der Waals surface area contributed by atoms with E-state index in [0.717, 1.165) is 31.5 Å². The largest absolute Gasteiger partial charge is 0.336 e. The molecular weight excluding hydrogens is 325 g/mol. The van der Waals surface area contributed by atoms with Gasteiger partial charge in [0.1, 0.15) is 0 Å². The van der Waals surface area contributed by atoms with Gasteiger partial charge in [0.2, 0.25) is 5.91 Å². The number of carbonyl (C=O) groups excluding carboxylic acids is 1. The quantitative estimate of drug-likeness (QED) is 0.784. The standard InChI is InChI=1S/C16H21N2O.Y/c19-16(14-7-2-1-3-8-14)18-12-6-9-15(18)13-17-10-4-5-11-17;/h2-3,7-8,15H,4-6,9-13H2;/q-1;/t15-;/m0./s1. The Morgan fingerprint density at radius 2 is 1.85 bits per heavy atom. The molecule has 3 nitrogen and oxygen atoms in total. The van der Waals surface area contributed by atoms with Crippen molar-refractivity contribution in [2.24, 2.45) is 0 Å². The first kappa shape index (κ1) is 16.1. The van der Waals surface area contributed by atoms with Gasteiger partial charge in [0.25, 0.3) is 0 Å². The van der Waals surface area contributed by atoms with E-state index in [2.05, 4.69) is 15.9 Å². The van der Waals surface area contributed by atoms with Crippen molar-refractivity contribution in [1.82, 2.24) is 9.80 Å². The molecule has 0 saturated carbocycles. The molecule has 1 aromatic carbocycles. The Labute approximate surface area is 146 Å². The predicted octanol–water partition coefficient (Wildman–Crippen LogP) is 2.18. The number of hydrogen-bond donors (Lipinski definition) is 0. The van der Waals surface area contributed by atoms with Crippen LogP contribution in [0, 0.1) is 6.07 Å². The molecule has 2 aliphatic heterocycles. The van der Waals surface area contributed by atoms with Crippen LogP contribution in [0.5, 0.6) is 0 Å². The molecule has 2 saturated heterocycles. The molecule has 1 aromatic rings. The summed E-state index contributed by atoms with van der Waals surface area (Å²) in [6, 6.07) is 10.8. The molecule has 0 unspecified atom stereocenters. The van der Waals surface area contributed by atoms with Gasteiger partial charge in [-0.05, 0) is 38.8 Å². The van der Waals surface area contributed by atoms with E-state index in [1.54, 1.807) is 0 Å². The van der Waals surface area contributed by atoms with Crippen molar-refractivity contribution in [2.75, 3.05) is 26.2 Å². The van der Waals surface area contributed by atoms with Gasteiger partial charge >= 0.3 is 0 Å². The molecule has 2 aliphatic rings. The topological polar surface area (TPSA) is 23.6 Å². The molecule has 2 heterocycles. The number of benzene rings is 1. The molecule has 0 spiro atoms. The van der Waals surface area contributed by atoms with E-state index in [-0.39, 0.29) is 38.6 Å². The van der Waals surface area contributed by atoms with Crippen LogP contribution in [0.4, 0.5) is 0 Å². The molecule has 0 bridgehead atoms. The molecular formula is C16H21N2OY-. The Balaban J connectivity index is 0.00000147. The molecule has 3 rings (SSSR count). The summed E-state index contributed by atoms with van der Waals surface area (Å²) in [4.78, 5) is 17.1. The third-order valence-corrected chi connectivity index (χ3v) is 4.27. The van der Waals surface area contributed by atoms with Crippen LogP contribution in [-0.2, 0) is 32.7 Å². The zero-order chi connectivity index (χ0) is 13.1. The van der Waals surface area contributed by atoms with Gasteiger partial charge in [-0.2, -0.15) is 30.3 Å². The van der Waals surface area contributed by atoms with Gasteiger partial charge in [-0.1, -0.05) is 5.56 Å². The first-order valence-corrected chi connectivity index (χ1v) is 7.34. The minimum atomic E-state index is 0. The molecule has 1 amide bonds. The Hall–Kier alpha value is -0.246. The van der Waals surface area contributed by atoms with E-state index in [9.17, 15) is 4.79 Å². The number of hydrogen-bond acceptors (Lipinski definition) is 2. The summed E-state index contributed by atoms with van der Waals surface area (Å²) < 4.78 is 0. The van der Waals surface area contributed by atoms with Crippen molar-refractivity contribution in [1.29, 1.82) is 0 Å². The summed E-state index contributed by atoms with van der Waals surface area (Å²) in [7, 11) is 0. The summed E-state index contributed by atoms with van der Waals surface area (Å²) in [6.45, 7) is 4.39. The SMILES string of the molecule is O=C(c1cc[c-]cc1)N1CCC[C@H]1CN1CCCC1.[Y]. The average molecular weight is 346 g/mol. The van der Waals surface area contributed by atoms with Crippen LogP contribution < -0.4 is 0 Å². The van der Waals surface area contributed by atoms with E-state index in [1.807, 2.05) is 24.3 Å². The zero-order valence-electron chi connectivity index (χ0n) is 11.9. The van der Waals surface area contributed by atoms with Crippen molar-refractivity contribution >= 4 is 5.91 Å². The molecule has 105 valence electrons. The summed E-state index contributed by atoms with van der Waals surface area (Å²) in [5, 5.41) is 0. The minimum absolute atomic E-state index is 0. The molecule has 0 aliphatic carbocycles. The normalized spacial score (nSPS) is 22.8.